The van der Waals surface area contributed by atoms with Crippen LogP contribution in [0, 0.1) is 6.92 Å². The van der Waals surface area contributed by atoms with Crippen molar-refractivity contribution < 1.29 is 4.42 Å². The second-order valence-corrected chi connectivity index (χ2v) is 5.32. The van der Waals surface area contributed by atoms with Crippen molar-refractivity contribution >= 4 is 11.3 Å². The van der Waals surface area contributed by atoms with E-state index >= 15 is 0 Å². The van der Waals surface area contributed by atoms with Crippen molar-refractivity contribution in [1.29, 1.82) is 0 Å². The van der Waals surface area contributed by atoms with E-state index in [-0.39, 0.29) is 6.04 Å². The van der Waals surface area contributed by atoms with Crippen molar-refractivity contribution in [2.75, 3.05) is 0 Å². The molecule has 2 aromatic rings. The molecule has 0 aliphatic carbocycles. The molecule has 3 nitrogen and oxygen atoms in total. The maximum absolute atomic E-state index is 5.59. The molecule has 1 N–H and O–H groups in total. The molecule has 0 spiro atoms. The number of aryl methyl sites for hydroxylation is 2. The lowest BCUT2D eigenvalue weighted by molar-refractivity contribution is 0.416. The summed E-state index contributed by atoms with van der Waals surface area (Å²) in [5.74, 6) is 1.95. The maximum Gasteiger partial charge on any atom is 0.120 e. The van der Waals surface area contributed by atoms with Crippen LogP contribution in [0.5, 0.6) is 0 Å². The Morgan fingerprint density at radius 1 is 1.47 bits per heavy atom. The molecule has 1 unspecified atom stereocenters. The van der Waals surface area contributed by atoms with E-state index in [0.717, 1.165) is 24.5 Å². The molecule has 2 aromatic heterocycles. The van der Waals surface area contributed by atoms with Gasteiger partial charge in [0.1, 0.15) is 11.5 Å². The molecule has 0 saturated carbocycles. The lowest BCUT2D eigenvalue weighted by Crippen LogP contribution is -2.16. The first-order chi connectivity index (χ1) is 8.19. The molecule has 0 aliphatic rings. The van der Waals surface area contributed by atoms with Crippen molar-refractivity contribution in [2.24, 2.45) is 0 Å². The Morgan fingerprint density at radius 3 is 2.88 bits per heavy atom. The molecule has 0 aromatic carbocycles. The van der Waals surface area contributed by atoms with E-state index in [1.165, 1.54) is 9.88 Å². The molecule has 0 amide bonds. The number of thiazole rings is 1. The molecule has 0 bridgehead atoms. The van der Waals surface area contributed by atoms with Crippen molar-refractivity contribution in [3.05, 3.63) is 39.7 Å². The van der Waals surface area contributed by atoms with Gasteiger partial charge in [0.05, 0.1) is 11.0 Å². The van der Waals surface area contributed by atoms with Crippen molar-refractivity contribution in [2.45, 2.75) is 39.8 Å². The van der Waals surface area contributed by atoms with E-state index in [4.69, 9.17) is 4.42 Å². The van der Waals surface area contributed by atoms with Gasteiger partial charge in [0.25, 0.3) is 0 Å². The molecular formula is C13H18N2OS. The third kappa shape index (κ3) is 3.17. The van der Waals surface area contributed by atoms with Gasteiger partial charge in [0, 0.05) is 17.6 Å². The Hall–Kier alpha value is -1.13. The first-order valence-corrected chi connectivity index (χ1v) is 6.74. The van der Waals surface area contributed by atoms with Crippen molar-refractivity contribution in [3.8, 4) is 0 Å². The van der Waals surface area contributed by atoms with Crippen LogP contribution in [0.15, 0.2) is 22.7 Å². The Balaban J connectivity index is 1.89. The molecule has 0 aliphatic heterocycles. The lowest BCUT2D eigenvalue weighted by Gasteiger charge is -2.09. The van der Waals surface area contributed by atoms with Crippen LogP contribution >= 0.6 is 11.3 Å². The number of hydrogen-bond donors (Lipinski definition) is 1. The first-order valence-electron chi connectivity index (χ1n) is 5.92. The minimum absolute atomic E-state index is 0.232. The summed E-state index contributed by atoms with van der Waals surface area (Å²) in [5.41, 5.74) is 0. The van der Waals surface area contributed by atoms with Gasteiger partial charge in [-0.15, -0.1) is 11.3 Å². The third-order valence-corrected chi connectivity index (χ3v) is 3.82. The molecule has 0 radical (unpaired) electrons. The lowest BCUT2D eigenvalue weighted by atomic mass is 10.2. The van der Waals surface area contributed by atoms with E-state index in [0.29, 0.717) is 0 Å². The van der Waals surface area contributed by atoms with E-state index in [9.17, 15) is 0 Å². The zero-order valence-electron chi connectivity index (χ0n) is 10.5. The fraction of sp³-hybridized carbons (Fsp3) is 0.462. The highest BCUT2D eigenvalue weighted by atomic mass is 32.1. The molecular weight excluding hydrogens is 232 g/mol. The fourth-order valence-electron chi connectivity index (χ4n) is 1.63. The van der Waals surface area contributed by atoms with E-state index < -0.39 is 0 Å². The van der Waals surface area contributed by atoms with E-state index in [2.05, 4.69) is 24.1 Å². The SMILES string of the molecule is CCc1ncc(CNC(C)c2ccc(C)o2)s1. The van der Waals surface area contributed by atoms with Crippen LogP contribution in [0.2, 0.25) is 0 Å². The monoisotopic (exact) mass is 250 g/mol. The smallest absolute Gasteiger partial charge is 0.120 e. The van der Waals surface area contributed by atoms with Gasteiger partial charge in [-0.3, -0.25) is 0 Å². The summed E-state index contributed by atoms with van der Waals surface area (Å²) in [6.45, 7) is 7.05. The van der Waals surface area contributed by atoms with Crippen LogP contribution in [-0.4, -0.2) is 4.98 Å². The molecule has 17 heavy (non-hydrogen) atoms. The number of furan rings is 1. The molecule has 2 rings (SSSR count). The minimum Gasteiger partial charge on any atom is -0.465 e. The number of nitrogens with one attached hydrogen (secondary N) is 1. The largest absolute Gasteiger partial charge is 0.465 e. The number of nitrogens with zero attached hydrogens (tertiary/aromatic N) is 1. The summed E-state index contributed by atoms with van der Waals surface area (Å²) in [5, 5.41) is 4.64. The van der Waals surface area contributed by atoms with Crippen LogP contribution in [0.3, 0.4) is 0 Å². The Bertz CT molecular complexity index is 475. The van der Waals surface area contributed by atoms with Gasteiger partial charge in [-0.25, -0.2) is 4.98 Å². The van der Waals surface area contributed by atoms with Crippen molar-refractivity contribution in [3.63, 3.8) is 0 Å². The Kier molecular flexibility index (Phi) is 3.97. The highest BCUT2D eigenvalue weighted by Gasteiger charge is 2.09. The Labute approximate surface area is 106 Å². The van der Waals surface area contributed by atoms with Gasteiger partial charge in [-0.2, -0.15) is 0 Å². The molecule has 0 fully saturated rings. The predicted octanol–water partition coefficient (Wildman–Crippen LogP) is 3.46. The van der Waals surface area contributed by atoms with Gasteiger partial charge >= 0.3 is 0 Å². The van der Waals surface area contributed by atoms with Gasteiger partial charge < -0.3 is 9.73 Å². The molecule has 4 heteroatoms. The second kappa shape index (κ2) is 5.47. The average Bonchev–Trinajstić information content (AvgIpc) is 2.94. The fourth-order valence-corrected chi connectivity index (χ4v) is 2.45. The standard InChI is InChI=1S/C13H18N2OS/c1-4-13-15-8-11(17-13)7-14-10(3)12-6-5-9(2)16-12/h5-6,8,10,14H,4,7H2,1-3H3. The predicted molar refractivity (Wildman–Crippen MR) is 70.2 cm³/mol. The zero-order chi connectivity index (χ0) is 12.3. The number of aromatic nitrogens is 1. The van der Waals surface area contributed by atoms with Crippen LogP contribution in [0.4, 0.5) is 0 Å². The van der Waals surface area contributed by atoms with Gasteiger partial charge in [0.2, 0.25) is 0 Å². The zero-order valence-corrected chi connectivity index (χ0v) is 11.3. The molecule has 0 saturated heterocycles. The van der Waals surface area contributed by atoms with Crippen LogP contribution < -0.4 is 5.32 Å². The summed E-state index contributed by atoms with van der Waals surface area (Å²) in [6, 6.07) is 4.25. The maximum atomic E-state index is 5.59. The van der Waals surface area contributed by atoms with Crippen LogP contribution in [-0.2, 0) is 13.0 Å². The van der Waals surface area contributed by atoms with Crippen LogP contribution in [0.1, 0.15) is 41.3 Å². The van der Waals surface area contributed by atoms with E-state index in [1.54, 1.807) is 11.3 Å². The highest BCUT2D eigenvalue weighted by Crippen LogP contribution is 2.18. The summed E-state index contributed by atoms with van der Waals surface area (Å²) in [7, 11) is 0. The van der Waals surface area contributed by atoms with Gasteiger partial charge in [0.15, 0.2) is 0 Å². The van der Waals surface area contributed by atoms with Gasteiger partial charge in [-0.05, 0) is 32.4 Å². The second-order valence-electron chi connectivity index (χ2n) is 4.12. The third-order valence-electron chi connectivity index (χ3n) is 2.67. The van der Waals surface area contributed by atoms with Crippen molar-refractivity contribution in [1.82, 2.24) is 10.3 Å². The minimum atomic E-state index is 0.232. The Morgan fingerprint density at radius 2 is 2.29 bits per heavy atom. The summed E-state index contributed by atoms with van der Waals surface area (Å²) in [4.78, 5) is 5.62. The van der Waals surface area contributed by atoms with E-state index in [1.807, 2.05) is 25.3 Å². The molecule has 92 valence electrons. The normalized spacial score (nSPS) is 12.9. The summed E-state index contributed by atoms with van der Waals surface area (Å²) >= 11 is 1.77. The number of hydrogen-bond acceptors (Lipinski definition) is 4. The topological polar surface area (TPSA) is 38.1 Å². The quantitative estimate of drug-likeness (QED) is 0.883. The van der Waals surface area contributed by atoms with Crippen LogP contribution in [0.25, 0.3) is 0 Å². The number of rotatable bonds is 5. The highest BCUT2D eigenvalue weighted by molar-refractivity contribution is 7.11. The average molecular weight is 250 g/mol. The molecule has 2 heterocycles. The van der Waals surface area contributed by atoms with Gasteiger partial charge in [-0.1, -0.05) is 6.92 Å². The summed E-state index contributed by atoms with van der Waals surface area (Å²) in [6.07, 6.45) is 2.97. The first kappa shape index (κ1) is 12.3. The summed E-state index contributed by atoms with van der Waals surface area (Å²) < 4.78 is 5.59. The molecule has 1 atom stereocenters.